The Morgan fingerprint density at radius 2 is 1.89 bits per heavy atom. The second-order valence-corrected chi connectivity index (χ2v) is 6.97. The number of carbonyl (C=O) groups is 1. The molecule has 0 bridgehead atoms. The van der Waals surface area contributed by atoms with Crippen LogP contribution in [0.25, 0.3) is 0 Å². The quantitative estimate of drug-likeness (QED) is 0.767. The van der Waals surface area contributed by atoms with Crippen LogP contribution in [-0.2, 0) is 9.53 Å². The number of ketones is 1. The monoisotopic (exact) mass is 267 g/mol. The zero-order valence-corrected chi connectivity index (χ0v) is 12.8. The van der Waals surface area contributed by atoms with Crippen LogP contribution in [0.15, 0.2) is 0 Å². The van der Waals surface area contributed by atoms with Gasteiger partial charge in [-0.25, -0.2) is 0 Å². The molecule has 1 saturated carbocycles. The van der Waals surface area contributed by atoms with E-state index in [1.807, 2.05) is 13.8 Å². The first-order valence-corrected chi connectivity index (χ1v) is 7.78. The summed E-state index contributed by atoms with van der Waals surface area (Å²) >= 11 is 0. The van der Waals surface area contributed by atoms with E-state index in [1.165, 1.54) is 51.6 Å². The number of hydrogen-bond donors (Lipinski definition) is 0. The van der Waals surface area contributed by atoms with Gasteiger partial charge >= 0.3 is 0 Å². The van der Waals surface area contributed by atoms with Crippen molar-refractivity contribution < 1.29 is 9.53 Å². The molecule has 1 aliphatic carbocycles. The first kappa shape index (κ1) is 15.0. The van der Waals surface area contributed by atoms with Crippen molar-refractivity contribution in [3.05, 3.63) is 0 Å². The molecule has 1 heterocycles. The van der Waals surface area contributed by atoms with Gasteiger partial charge in [0.1, 0.15) is 5.60 Å². The van der Waals surface area contributed by atoms with Crippen molar-refractivity contribution >= 4 is 5.78 Å². The van der Waals surface area contributed by atoms with Gasteiger partial charge in [0.15, 0.2) is 5.78 Å². The smallest absolute Gasteiger partial charge is 0.165 e. The molecule has 0 unspecified atom stereocenters. The summed E-state index contributed by atoms with van der Waals surface area (Å²) in [5.74, 6) is 0.222. The minimum absolute atomic E-state index is 0.222. The van der Waals surface area contributed by atoms with Crippen LogP contribution in [0.1, 0.15) is 58.8 Å². The van der Waals surface area contributed by atoms with Crippen molar-refractivity contribution in [2.75, 3.05) is 26.7 Å². The number of ether oxygens (including phenoxy) is 1. The van der Waals surface area contributed by atoms with Gasteiger partial charge in [0.2, 0.25) is 0 Å². The van der Waals surface area contributed by atoms with Crippen LogP contribution in [0.2, 0.25) is 0 Å². The maximum Gasteiger partial charge on any atom is 0.165 e. The Balaban J connectivity index is 1.78. The summed E-state index contributed by atoms with van der Waals surface area (Å²) in [6, 6.07) is 0. The second-order valence-electron chi connectivity index (χ2n) is 6.97. The Hall–Kier alpha value is -0.410. The number of rotatable bonds is 5. The molecule has 0 N–H and O–H groups in total. The fourth-order valence-electron chi connectivity index (χ4n) is 3.60. The number of nitrogens with zero attached hydrogens (tertiary/aromatic N) is 1. The maximum atomic E-state index is 12.1. The van der Waals surface area contributed by atoms with Crippen LogP contribution in [0.3, 0.4) is 0 Å². The first-order valence-electron chi connectivity index (χ1n) is 7.78. The van der Waals surface area contributed by atoms with Gasteiger partial charge in [-0.15, -0.1) is 0 Å². The van der Waals surface area contributed by atoms with Gasteiger partial charge in [-0.2, -0.15) is 0 Å². The third kappa shape index (κ3) is 3.57. The molecule has 1 saturated heterocycles. The van der Waals surface area contributed by atoms with Crippen molar-refractivity contribution in [1.29, 1.82) is 0 Å². The molecule has 3 heteroatoms. The summed E-state index contributed by atoms with van der Waals surface area (Å²) in [7, 11) is 1.62. The van der Waals surface area contributed by atoms with Crippen molar-refractivity contribution in [1.82, 2.24) is 4.90 Å². The predicted molar refractivity (Wildman–Crippen MR) is 77.3 cm³/mol. The summed E-state index contributed by atoms with van der Waals surface area (Å²) < 4.78 is 5.26. The highest BCUT2D eigenvalue weighted by molar-refractivity contribution is 5.86. The average molecular weight is 267 g/mol. The van der Waals surface area contributed by atoms with Crippen LogP contribution in [-0.4, -0.2) is 43.0 Å². The predicted octanol–water partition coefficient (Wildman–Crippen LogP) is 3.03. The van der Waals surface area contributed by atoms with E-state index in [0.29, 0.717) is 11.8 Å². The SMILES string of the molecule is COC(C)(C)C(=O)CCN1CCC2(CCCCC2)C1. The molecule has 19 heavy (non-hydrogen) atoms. The topological polar surface area (TPSA) is 29.5 Å². The van der Waals surface area contributed by atoms with Gasteiger partial charge in [0.25, 0.3) is 0 Å². The standard InChI is InChI=1S/C16H29NO2/c1-15(2,19-3)14(18)7-11-17-12-10-16(13-17)8-5-4-6-9-16/h4-13H2,1-3H3. The third-order valence-corrected chi connectivity index (χ3v) is 5.27. The molecule has 1 aliphatic heterocycles. The van der Waals surface area contributed by atoms with Gasteiger partial charge in [-0.1, -0.05) is 19.3 Å². The normalized spacial score (nSPS) is 23.9. The largest absolute Gasteiger partial charge is 0.371 e. The van der Waals surface area contributed by atoms with Crippen LogP contribution in [0, 0.1) is 5.41 Å². The number of Topliss-reactive ketones (excluding diaryl/α,β-unsaturated/α-hetero) is 1. The van der Waals surface area contributed by atoms with Crippen LogP contribution >= 0.6 is 0 Å². The lowest BCUT2D eigenvalue weighted by molar-refractivity contribution is -0.137. The van der Waals surface area contributed by atoms with Gasteiger partial charge in [-0.3, -0.25) is 4.79 Å². The molecule has 0 aromatic carbocycles. The summed E-state index contributed by atoms with van der Waals surface area (Å²) in [6.07, 6.45) is 9.00. The Labute approximate surface area is 117 Å². The molecule has 2 aliphatic rings. The zero-order valence-electron chi connectivity index (χ0n) is 12.8. The lowest BCUT2D eigenvalue weighted by atomic mass is 9.73. The van der Waals surface area contributed by atoms with E-state index in [-0.39, 0.29) is 5.78 Å². The summed E-state index contributed by atoms with van der Waals surface area (Å²) in [4.78, 5) is 14.6. The lowest BCUT2D eigenvalue weighted by Gasteiger charge is -2.33. The number of likely N-dealkylation sites (tertiary alicyclic amines) is 1. The van der Waals surface area contributed by atoms with E-state index in [1.54, 1.807) is 7.11 Å². The van der Waals surface area contributed by atoms with E-state index >= 15 is 0 Å². The fourth-order valence-corrected chi connectivity index (χ4v) is 3.60. The molecule has 2 fully saturated rings. The highest BCUT2D eigenvalue weighted by atomic mass is 16.5. The van der Waals surface area contributed by atoms with E-state index in [0.717, 1.165) is 6.54 Å². The van der Waals surface area contributed by atoms with Crippen molar-refractivity contribution in [2.24, 2.45) is 5.41 Å². The zero-order chi connectivity index (χ0) is 13.9. The Morgan fingerprint density at radius 3 is 2.53 bits per heavy atom. The number of hydrogen-bond acceptors (Lipinski definition) is 3. The molecule has 3 nitrogen and oxygen atoms in total. The van der Waals surface area contributed by atoms with Gasteiger partial charge in [-0.05, 0) is 45.1 Å². The van der Waals surface area contributed by atoms with Crippen LogP contribution < -0.4 is 0 Å². The molecular weight excluding hydrogens is 238 g/mol. The van der Waals surface area contributed by atoms with E-state index < -0.39 is 5.60 Å². The van der Waals surface area contributed by atoms with Gasteiger partial charge in [0.05, 0.1) is 0 Å². The summed E-state index contributed by atoms with van der Waals surface area (Å²) in [5.41, 5.74) is -0.0275. The molecule has 2 rings (SSSR count). The Kier molecular flexibility index (Phi) is 4.67. The maximum absolute atomic E-state index is 12.1. The van der Waals surface area contributed by atoms with Crippen molar-refractivity contribution in [3.63, 3.8) is 0 Å². The molecule has 110 valence electrons. The molecular formula is C16H29NO2. The first-order chi connectivity index (χ1) is 8.97. The Morgan fingerprint density at radius 1 is 1.21 bits per heavy atom. The Bertz CT molecular complexity index is 319. The molecule has 0 aromatic heterocycles. The molecule has 0 amide bonds. The molecule has 0 radical (unpaired) electrons. The van der Waals surface area contributed by atoms with E-state index in [9.17, 15) is 4.79 Å². The number of carbonyl (C=O) groups excluding carboxylic acids is 1. The van der Waals surface area contributed by atoms with Crippen molar-refractivity contribution in [2.45, 2.75) is 64.4 Å². The van der Waals surface area contributed by atoms with Gasteiger partial charge < -0.3 is 9.64 Å². The van der Waals surface area contributed by atoms with E-state index in [2.05, 4.69) is 4.90 Å². The molecule has 0 aromatic rings. The van der Waals surface area contributed by atoms with E-state index in [4.69, 9.17) is 4.74 Å². The fraction of sp³-hybridized carbons (Fsp3) is 0.938. The van der Waals surface area contributed by atoms with Crippen LogP contribution in [0.5, 0.6) is 0 Å². The minimum Gasteiger partial charge on any atom is -0.371 e. The van der Waals surface area contributed by atoms with Crippen LogP contribution in [0.4, 0.5) is 0 Å². The number of methoxy groups -OCH3 is 1. The summed E-state index contributed by atoms with van der Waals surface area (Å²) in [5, 5.41) is 0. The third-order valence-electron chi connectivity index (χ3n) is 5.27. The average Bonchev–Trinajstić information content (AvgIpc) is 2.79. The highest BCUT2D eigenvalue weighted by Crippen LogP contribution is 2.43. The lowest BCUT2D eigenvalue weighted by Crippen LogP contribution is -2.37. The highest BCUT2D eigenvalue weighted by Gasteiger charge is 2.38. The molecule has 0 atom stereocenters. The van der Waals surface area contributed by atoms with Crippen molar-refractivity contribution in [3.8, 4) is 0 Å². The minimum atomic E-state index is -0.623. The summed E-state index contributed by atoms with van der Waals surface area (Å²) in [6.45, 7) is 7.03. The molecule has 1 spiro atoms. The van der Waals surface area contributed by atoms with Gasteiger partial charge in [0, 0.05) is 26.6 Å². The second kappa shape index (κ2) is 5.92.